The number of nitrogens with one attached hydrogen (secondary N) is 1. The highest BCUT2D eigenvalue weighted by Crippen LogP contribution is 2.43. The van der Waals surface area contributed by atoms with Crippen molar-refractivity contribution in [2.45, 2.75) is 71.6 Å². The Hall–Kier alpha value is -1.88. The summed E-state index contributed by atoms with van der Waals surface area (Å²) in [5.41, 5.74) is 11.6. The van der Waals surface area contributed by atoms with Crippen LogP contribution in [-0.2, 0) is 5.41 Å². The van der Waals surface area contributed by atoms with Crippen LogP contribution >= 0.6 is 11.8 Å². The molecule has 3 rings (SSSR count). The van der Waals surface area contributed by atoms with Crippen LogP contribution in [0.4, 0.5) is 0 Å². The quantitative estimate of drug-likeness (QED) is 0.376. The number of aryl methyl sites for hydroxylation is 1. The largest absolute Gasteiger partial charge is 0.378 e. The molecule has 0 unspecified atom stereocenters. The maximum Gasteiger partial charge on any atom is 0.160 e. The van der Waals surface area contributed by atoms with Crippen LogP contribution in [0, 0.1) is 12.3 Å². The molecule has 2 aromatic rings. The Morgan fingerprint density at radius 1 is 1.29 bits per heavy atom. The first kappa shape index (κ1) is 20.8. The minimum Gasteiger partial charge on any atom is -0.378 e. The number of pyridine rings is 1. The van der Waals surface area contributed by atoms with Crippen LogP contribution in [0.1, 0.15) is 81.7 Å². The molecule has 150 valence electrons. The molecule has 0 aliphatic heterocycles. The fourth-order valence-corrected chi connectivity index (χ4v) is 3.96. The SMILES string of the molecule is CCCCN=C(N)SC(=N)c1cc(C)c2cc(C3CC3)cc(C(C)(C)C)c2n1. The van der Waals surface area contributed by atoms with Crippen LogP contribution in [0.3, 0.4) is 0 Å². The smallest absolute Gasteiger partial charge is 0.160 e. The second-order valence-electron chi connectivity index (χ2n) is 8.82. The number of thioether (sulfide) groups is 1. The highest BCUT2D eigenvalue weighted by Gasteiger charge is 2.27. The third kappa shape index (κ3) is 4.75. The zero-order chi connectivity index (χ0) is 20.5. The number of benzene rings is 1. The number of rotatable bonds is 5. The Balaban J connectivity index is 2.00. The topological polar surface area (TPSA) is 75.1 Å². The number of fused-ring (bicyclic) bond motifs is 1. The minimum absolute atomic E-state index is 0.00279. The lowest BCUT2D eigenvalue weighted by Crippen LogP contribution is -2.15. The number of hydrogen-bond donors (Lipinski definition) is 2. The highest BCUT2D eigenvalue weighted by atomic mass is 32.2. The van der Waals surface area contributed by atoms with E-state index in [-0.39, 0.29) is 5.41 Å². The molecule has 0 amide bonds. The highest BCUT2D eigenvalue weighted by molar-refractivity contribution is 8.26. The molecule has 0 spiro atoms. The van der Waals surface area contributed by atoms with Crippen molar-refractivity contribution < 1.29 is 0 Å². The maximum absolute atomic E-state index is 8.50. The molecule has 1 aliphatic carbocycles. The van der Waals surface area contributed by atoms with Gasteiger partial charge in [0.25, 0.3) is 0 Å². The molecule has 0 bridgehead atoms. The predicted octanol–water partition coefficient (Wildman–Crippen LogP) is 5.89. The molecule has 0 saturated heterocycles. The summed E-state index contributed by atoms with van der Waals surface area (Å²) < 4.78 is 0. The number of hydrogen-bond acceptors (Lipinski definition) is 4. The van der Waals surface area contributed by atoms with Crippen molar-refractivity contribution in [2.75, 3.05) is 6.54 Å². The van der Waals surface area contributed by atoms with Gasteiger partial charge in [-0.15, -0.1) is 0 Å². The summed E-state index contributed by atoms with van der Waals surface area (Å²) >= 11 is 1.20. The molecule has 1 aromatic carbocycles. The summed E-state index contributed by atoms with van der Waals surface area (Å²) in [7, 11) is 0. The molecule has 1 saturated carbocycles. The molecule has 1 aromatic heterocycles. The molecule has 0 radical (unpaired) electrons. The van der Waals surface area contributed by atoms with Gasteiger partial charge in [0.1, 0.15) is 5.04 Å². The first-order valence-corrected chi connectivity index (χ1v) is 11.0. The van der Waals surface area contributed by atoms with Gasteiger partial charge < -0.3 is 5.73 Å². The Labute approximate surface area is 172 Å². The average molecular weight is 397 g/mol. The standard InChI is InChI=1S/C23H32N4S/c1-6-7-10-26-22(25)28-21(24)19-11-14(2)17-12-16(15-8-9-15)13-18(20(17)27-19)23(3,4)5/h11-13,15,24H,6-10H2,1-5H3,(H2,25,26). The van der Waals surface area contributed by atoms with E-state index in [1.807, 2.05) is 6.07 Å². The van der Waals surface area contributed by atoms with E-state index in [2.05, 4.69) is 51.7 Å². The van der Waals surface area contributed by atoms with Crippen LogP contribution in [-0.4, -0.2) is 21.7 Å². The lowest BCUT2D eigenvalue weighted by Gasteiger charge is -2.23. The third-order valence-electron chi connectivity index (χ3n) is 5.22. The maximum atomic E-state index is 8.50. The fraction of sp³-hybridized carbons (Fsp3) is 0.522. The Bertz CT molecular complexity index is 920. The zero-order valence-electron chi connectivity index (χ0n) is 17.7. The second kappa shape index (κ2) is 8.24. The normalized spacial score (nSPS) is 15.2. The van der Waals surface area contributed by atoms with Gasteiger partial charge in [0.15, 0.2) is 5.17 Å². The van der Waals surface area contributed by atoms with Crippen molar-refractivity contribution in [2.24, 2.45) is 10.7 Å². The number of aliphatic imine (C=N–C) groups is 1. The number of amidine groups is 1. The summed E-state index contributed by atoms with van der Waals surface area (Å²) in [6.45, 7) is 11.7. The van der Waals surface area contributed by atoms with Gasteiger partial charge in [-0.1, -0.05) is 40.2 Å². The van der Waals surface area contributed by atoms with Crippen LogP contribution in [0.2, 0.25) is 0 Å². The molecule has 28 heavy (non-hydrogen) atoms. The third-order valence-corrected chi connectivity index (χ3v) is 5.97. The molecule has 1 heterocycles. The van der Waals surface area contributed by atoms with E-state index in [4.69, 9.17) is 16.1 Å². The Kier molecular flexibility index (Phi) is 6.13. The van der Waals surface area contributed by atoms with Crippen molar-refractivity contribution in [3.63, 3.8) is 0 Å². The second-order valence-corrected chi connectivity index (χ2v) is 9.85. The lowest BCUT2D eigenvalue weighted by atomic mass is 9.83. The van der Waals surface area contributed by atoms with Crippen molar-refractivity contribution in [1.29, 1.82) is 5.41 Å². The van der Waals surface area contributed by atoms with Gasteiger partial charge in [-0.25, -0.2) is 4.98 Å². The van der Waals surface area contributed by atoms with Gasteiger partial charge in [-0.3, -0.25) is 10.4 Å². The Morgan fingerprint density at radius 2 is 2.00 bits per heavy atom. The van der Waals surface area contributed by atoms with E-state index in [0.29, 0.717) is 28.4 Å². The summed E-state index contributed by atoms with van der Waals surface area (Å²) in [6, 6.07) is 6.67. The van der Waals surface area contributed by atoms with E-state index in [9.17, 15) is 0 Å². The van der Waals surface area contributed by atoms with Crippen molar-refractivity contribution in [3.8, 4) is 0 Å². The Morgan fingerprint density at radius 3 is 2.61 bits per heavy atom. The summed E-state index contributed by atoms with van der Waals surface area (Å²) in [5.74, 6) is 0.706. The number of unbranched alkanes of at least 4 members (excludes halogenated alkanes) is 1. The van der Waals surface area contributed by atoms with Gasteiger partial charge in [-0.05, 0) is 78.1 Å². The predicted molar refractivity (Wildman–Crippen MR) is 123 cm³/mol. The first-order valence-electron chi connectivity index (χ1n) is 10.2. The molecule has 1 fully saturated rings. The fourth-order valence-electron chi connectivity index (χ4n) is 3.39. The van der Waals surface area contributed by atoms with Crippen LogP contribution in [0.5, 0.6) is 0 Å². The molecule has 5 heteroatoms. The minimum atomic E-state index is -0.00279. The van der Waals surface area contributed by atoms with E-state index in [1.54, 1.807) is 0 Å². The molecular formula is C23H32N4S. The van der Waals surface area contributed by atoms with Gasteiger partial charge in [0.2, 0.25) is 0 Å². The van der Waals surface area contributed by atoms with Crippen LogP contribution in [0.15, 0.2) is 23.2 Å². The molecule has 1 aliphatic rings. The molecule has 4 nitrogen and oxygen atoms in total. The van der Waals surface area contributed by atoms with Gasteiger partial charge in [0.05, 0.1) is 11.2 Å². The molecular weight excluding hydrogens is 364 g/mol. The van der Waals surface area contributed by atoms with Gasteiger partial charge >= 0.3 is 0 Å². The van der Waals surface area contributed by atoms with Crippen LogP contribution < -0.4 is 5.73 Å². The van der Waals surface area contributed by atoms with Crippen molar-refractivity contribution >= 4 is 32.9 Å². The van der Waals surface area contributed by atoms with E-state index in [1.165, 1.54) is 46.7 Å². The van der Waals surface area contributed by atoms with Crippen LogP contribution in [0.25, 0.3) is 10.9 Å². The van der Waals surface area contributed by atoms with Crippen molar-refractivity contribution in [3.05, 3.63) is 40.6 Å². The molecule has 0 atom stereocenters. The summed E-state index contributed by atoms with van der Waals surface area (Å²) in [6.07, 6.45) is 4.68. The number of nitrogens with zero attached hydrogens (tertiary/aromatic N) is 2. The average Bonchev–Trinajstić information content (AvgIpc) is 3.45. The number of aromatic nitrogens is 1. The van der Waals surface area contributed by atoms with E-state index >= 15 is 0 Å². The van der Waals surface area contributed by atoms with Gasteiger partial charge in [-0.2, -0.15) is 0 Å². The van der Waals surface area contributed by atoms with E-state index in [0.717, 1.165) is 18.4 Å². The zero-order valence-corrected chi connectivity index (χ0v) is 18.5. The lowest BCUT2D eigenvalue weighted by molar-refractivity contribution is 0.593. The first-order chi connectivity index (χ1) is 13.2. The van der Waals surface area contributed by atoms with Crippen molar-refractivity contribution in [1.82, 2.24) is 4.98 Å². The summed E-state index contributed by atoms with van der Waals surface area (Å²) in [4.78, 5) is 9.26. The van der Waals surface area contributed by atoms with Gasteiger partial charge in [0, 0.05) is 11.9 Å². The van der Waals surface area contributed by atoms with E-state index < -0.39 is 0 Å². The summed E-state index contributed by atoms with van der Waals surface area (Å²) in [5, 5.41) is 10.5. The molecule has 3 N–H and O–H groups in total. The number of nitrogens with two attached hydrogens (primary N) is 1. The monoisotopic (exact) mass is 396 g/mol.